The van der Waals surface area contributed by atoms with Crippen molar-refractivity contribution >= 4 is 61.4 Å². The number of non-ortho nitro benzene ring substituents is 1. The van der Waals surface area contributed by atoms with Crippen molar-refractivity contribution in [1.82, 2.24) is 4.90 Å². The summed E-state index contributed by atoms with van der Waals surface area (Å²) in [4.78, 5) is 39.3. The Labute approximate surface area is 207 Å². The van der Waals surface area contributed by atoms with Crippen molar-refractivity contribution in [2.75, 3.05) is 7.11 Å². The first kappa shape index (κ1) is 22.5. The molecule has 0 spiro atoms. The highest BCUT2D eigenvalue weighted by atomic mass is 32.1. The number of rotatable bonds is 5. The van der Waals surface area contributed by atoms with Gasteiger partial charge in [0, 0.05) is 43.1 Å². The number of fused-ring (bicyclic) bond motifs is 1. The largest absolute Gasteiger partial charge is 0.487 e. The fourth-order valence-corrected chi connectivity index (χ4v) is 6.18. The number of hydrogen-bond donors (Lipinski definition) is 0. The average molecular weight is 502 g/mol. The van der Waals surface area contributed by atoms with Crippen LogP contribution in [0.1, 0.15) is 16.0 Å². The van der Waals surface area contributed by atoms with Gasteiger partial charge in [0.15, 0.2) is 11.3 Å². The third-order valence-corrected chi connectivity index (χ3v) is 7.96. The molecule has 8 nitrogen and oxygen atoms in total. The number of hydrogen-bond acceptors (Lipinski definition) is 8. The minimum absolute atomic E-state index is 0.0232. The molecular formula is C25H15N3O5S2. The van der Waals surface area contributed by atoms with Crippen LogP contribution in [0.3, 0.4) is 0 Å². The van der Waals surface area contributed by atoms with Crippen molar-refractivity contribution in [2.24, 2.45) is 0 Å². The predicted molar refractivity (Wildman–Crippen MR) is 134 cm³/mol. The molecule has 0 N–H and O–H groups in total. The van der Waals surface area contributed by atoms with E-state index in [1.54, 1.807) is 24.4 Å². The number of aryl methyl sites for hydroxylation is 1. The lowest BCUT2D eigenvalue weighted by Gasteiger charge is -2.06. The van der Waals surface area contributed by atoms with Gasteiger partial charge in [-0.1, -0.05) is 29.5 Å². The summed E-state index contributed by atoms with van der Waals surface area (Å²) < 4.78 is 6.47. The number of carbonyl (C=O) groups excluding carboxylic acids is 2. The Morgan fingerprint density at radius 1 is 1.03 bits per heavy atom. The highest BCUT2D eigenvalue weighted by Crippen LogP contribution is 2.48. The lowest BCUT2D eigenvalue weighted by molar-refractivity contribution is -0.384. The Hall–Kier alpha value is -4.33. The highest BCUT2D eigenvalue weighted by molar-refractivity contribution is 7.21. The van der Waals surface area contributed by atoms with E-state index < -0.39 is 16.7 Å². The number of methoxy groups -OCH3 is 1. The van der Waals surface area contributed by atoms with E-state index in [1.165, 1.54) is 41.9 Å². The topological polar surface area (TPSA) is 114 Å². The number of nitriles is 1. The second-order valence-electron chi connectivity index (χ2n) is 7.65. The summed E-state index contributed by atoms with van der Waals surface area (Å²) in [5, 5.41) is 21.8. The van der Waals surface area contributed by atoms with Crippen molar-refractivity contribution in [3.05, 3.63) is 80.7 Å². The molecule has 2 aromatic heterocycles. The summed E-state index contributed by atoms with van der Waals surface area (Å²) in [5.41, 5.74) is 2.00. The van der Waals surface area contributed by atoms with Crippen LogP contribution < -0.4 is 4.74 Å². The molecule has 1 aliphatic heterocycles. The highest BCUT2D eigenvalue weighted by Gasteiger charge is 2.43. The number of imide groups is 1. The van der Waals surface area contributed by atoms with Gasteiger partial charge in [-0.2, -0.15) is 10.2 Å². The van der Waals surface area contributed by atoms with Crippen LogP contribution in [0.5, 0.6) is 5.06 Å². The summed E-state index contributed by atoms with van der Waals surface area (Å²) in [6.45, 7) is 1.83. The molecule has 10 heteroatoms. The van der Waals surface area contributed by atoms with Crippen molar-refractivity contribution in [3.63, 3.8) is 0 Å². The molecule has 0 aliphatic carbocycles. The quantitative estimate of drug-likeness (QED) is 0.152. The number of nitro benzene ring substituents is 1. The molecule has 0 saturated heterocycles. The first-order valence-electron chi connectivity index (χ1n) is 10.3. The van der Waals surface area contributed by atoms with E-state index in [0.717, 1.165) is 25.4 Å². The van der Waals surface area contributed by atoms with Crippen LogP contribution in [0.15, 0.2) is 54.6 Å². The maximum atomic E-state index is 13.3. The maximum absolute atomic E-state index is 13.3. The normalized spacial score (nSPS) is 13.6. The van der Waals surface area contributed by atoms with Crippen molar-refractivity contribution in [3.8, 4) is 21.7 Å². The average Bonchev–Trinajstić information content (AvgIpc) is 3.49. The summed E-state index contributed by atoms with van der Waals surface area (Å²) in [7, 11) is 1.50. The molecule has 3 heterocycles. The van der Waals surface area contributed by atoms with Crippen molar-refractivity contribution in [1.29, 1.82) is 5.26 Å². The Morgan fingerprint density at radius 2 is 1.71 bits per heavy atom. The smallest absolute Gasteiger partial charge is 0.275 e. The number of nitrogens with zero attached hydrogens (tertiary/aromatic N) is 3. The number of thiophene rings is 2. The van der Waals surface area contributed by atoms with Crippen LogP contribution in [-0.4, -0.2) is 28.7 Å². The fourth-order valence-electron chi connectivity index (χ4n) is 4.13. The molecule has 35 heavy (non-hydrogen) atoms. The molecule has 0 saturated carbocycles. The van der Waals surface area contributed by atoms with E-state index in [1.807, 2.05) is 31.2 Å². The second kappa shape index (κ2) is 8.47. The van der Waals surface area contributed by atoms with Gasteiger partial charge in [-0.15, -0.1) is 11.3 Å². The lowest BCUT2D eigenvalue weighted by Crippen LogP contribution is -2.26. The van der Waals surface area contributed by atoms with E-state index in [2.05, 4.69) is 0 Å². The molecule has 5 rings (SSSR count). The monoisotopic (exact) mass is 501 g/mol. The van der Waals surface area contributed by atoms with Crippen LogP contribution in [0.4, 0.5) is 5.69 Å². The molecule has 0 atom stereocenters. The molecular weight excluding hydrogens is 486 g/mol. The molecule has 0 unspecified atom stereocenters. The van der Waals surface area contributed by atoms with Gasteiger partial charge in [-0.05, 0) is 36.8 Å². The van der Waals surface area contributed by atoms with E-state index >= 15 is 0 Å². The van der Waals surface area contributed by atoms with Crippen LogP contribution in [0.25, 0.3) is 31.7 Å². The summed E-state index contributed by atoms with van der Waals surface area (Å²) in [6.07, 6.45) is 1.71. The van der Waals surface area contributed by atoms with Gasteiger partial charge < -0.3 is 4.74 Å². The van der Waals surface area contributed by atoms with Crippen LogP contribution in [0.2, 0.25) is 0 Å². The number of ether oxygens (including phenoxy) is 1. The van der Waals surface area contributed by atoms with Gasteiger partial charge in [-0.3, -0.25) is 19.7 Å². The Kier molecular flexibility index (Phi) is 5.43. The predicted octanol–water partition coefficient (Wildman–Crippen LogP) is 5.62. The van der Waals surface area contributed by atoms with E-state index in [4.69, 9.17) is 4.74 Å². The molecule has 4 aromatic rings. The minimum Gasteiger partial charge on any atom is -0.487 e. The number of nitro groups is 1. The maximum Gasteiger partial charge on any atom is 0.275 e. The van der Waals surface area contributed by atoms with Gasteiger partial charge in [0.05, 0.1) is 23.2 Å². The number of amides is 2. The Balaban J connectivity index is 1.75. The first-order valence-corrected chi connectivity index (χ1v) is 11.9. The Bertz CT molecular complexity index is 1620. The SMILES string of the molecule is COc1sc2ccccc2c1C1=C(c2cc(-c3ccc([N+](=O)[O-])cc3)sc2C)C(=O)N(C#N)C1=O. The number of carbonyl (C=O) groups is 2. The fraction of sp³-hybridized carbons (Fsp3) is 0.0800. The molecule has 2 amide bonds. The van der Waals surface area contributed by atoms with Crippen LogP contribution in [0, 0.1) is 28.5 Å². The molecule has 0 fully saturated rings. The van der Waals surface area contributed by atoms with Crippen molar-refractivity contribution < 1.29 is 19.2 Å². The molecule has 172 valence electrons. The van der Waals surface area contributed by atoms with Crippen LogP contribution in [-0.2, 0) is 9.59 Å². The van der Waals surface area contributed by atoms with Gasteiger partial charge in [-0.25, -0.2) is 0 Å². The van der Waals surface area contributed by atoms with E-state index in [9.17, 15) is 25.0 Å². The van der Waals surface area contributed by atoms with Crippen LogP contribution >= 0.6 is 22.7 Å². The standard InChI is InChI=1S/C25H15N3O5S2/c1-13-17(11-19(34-13)14-7-9-15(10-8-14)28(31)32)20-22(24(30)27(12-26)23(20)29)21-16-5-3-4-6-18(16)35-25(21)33-2/h3-11H,1-2H3. The zero-order valence-electron chi connectivity index (χ0n) is 18.4. The molecule has 0 radical (unpaired) electrons. The summed E-state index contributed by atoms with van der Waals surface area (Å²) in [5.74, 6) is -1.39. The zero-order valence-corrected chi connectivity index (χ0v) is 20.0. The zero-order chi connectivity index (χ0) is 24.9. The van der Waals surface area contributed by atoms with Gasteiger partial charge in [0.1, 0.15) is 0 Å². The molecule has 2 aromatic carbocycles. The van der Waals surface area contributed by atoms with E-state index in [-0.39, 0.29) is 16.8 Å². The first-order chi connectivity index (χ1) is 16.8. The van der Waals surface area contributed by atoms with Gasteiger partial charge in [0.2, 0.25) is 0 Å². The molecule has 1 aliphatic rings. The second-order valence-corrected chi connectivity index (χ2v) is 9.92. The summed E-state index contributed by atoms with van der Waals surface area (Å²) >= 11 is 2.75. The third-order valence-electron chi connectivity index (χ3n) is 5.73. The lowest BCUT2D eigenvalue weighted by atomic mass is 9.95. The van der Waals surface area contributed by atoms with Gasteiger partial charge in [0.25, 0.3) is 17.5 Å². The van der Waals surface area contributed by atoms with E-state index in [0.29, 0.717) is 21.1 Å². The molecule has 0 bridgehead atoms. The minimum atomic E-state index is -0.697. The Morgan fingerprint density at radius 3 is 2.37 bits per heavy atom. The number of benzene rings is 2. The third kappa shape index (κ3) is 3.49. The summed E-state index contributed by atoms with van der Waals surface area (Å²) in [6, 6.07) is 15.4. The van der Waals surface area contributed by atoms with Gasteiger partial charge >= 0.3 is 0 Å². The van der Waals surface area contributed by atoms with Crippen molar-refractivity contribution in [2.45, 2.75) is 6.92 Å².